The van der Waals surface area contributed by atoms with Crippen molar-refractivity contribution in [2.24, 2.45) is 11.8 Å². The number of hydrogen-bond donors (Lipinski definition) is 0. The first-order valence-corrected chi connectivity index (χ1v) is 8.80. The lowest BCUT2D eigenvalue weighted by Crippen LogP contribution is -2.67. The van der Waals surface area contributed by atoms with E-state index in [2.05, 4.69) is 0 Å². The van der Waals surface area contributed by atoms with Crippen LogP contribution in [0.2, 0.25) is 0 Å². The molecule has 1 spiro atoms. The highest BCUT2D eigenvalue weighted by Gasteiger charge is 2.54. The van der Waals surface area contributed by atoms with Gasteiger partial charge in [-0.25, -0.2) is 0 Å². The first kappa shape index (κ1) is 16.7. The molecule has 3 saturated heterocycles. The molecule has 0 N–H and O–H groups in total. The molecule has 0 radical (unpaired) electrons. The van der Waals surface area contributed by atoms with E-state index >= 15 is 0 Å². The molecule has 0 bridgehead atoms. The first-order valence-electron chi connectivity index (χ1n) is 8.80. The molecule has 3 aliphatic rings. The summed E-state index contributed by atoms with van der Waals surface area (Å²) >= 11 is 0. The minimum Gasteiger partial charge on any atom is -0.371 e. The molecule has 0 aromatic heterocycles. The normalized spacial score (nSPS) is 26.1. The maximum absolute atomic E-state index is 12.0. The third-order valence-corrected chi connectivity index (χ3v) is 5.33. The summed E-state index contributed by atoms with van der Waals surface area (Å²) in [4.78, 5) is 27.8. The van der Waals surface area contributed by atoms with Crippen molar-refractivity contribution in [3.8, 4) is 0 Å². The maximum Gasteiger partial charge on any atom is 0.248 e. The van der Waals surface area contributed by atoms with Gasteiger partial charge in [0.2, 0.25) is 11.8 Å². The third-order valence-electron chi connectivity index (χ3n) is 5.33. The highest BCUT2D eigenvalue weighted by Crippen LogP contribution is 2.40. The molecule has 0 saturated carbocycles. The van der Waals surface area contributed by atoms with Crippen LogP contribution < -0.4 is 0 Å². The van der Waals surface area contributed by atoms with Gasteiger partial charge in [0.05, 0.1) is 19.7 Å². The van der Waals surface area contributed by atoms with E-state index < -0.39 is 0 Å². The standard InChI is InChI=1S/C17H28N2O4/c1-13(2)16(21)19-11-17(12-19)14(5-8-23-17)9-22-10-15(20)18-6-3-4-7-18/h13-14H,3-12H2,1-2H3/t14-/m0/s1. The predicted molar refractivity (Wildman–Crippen MR) is 84.8 cm³/mol. The lowest BCUT2D eigenvalue weighted by molar-refractivity contribution is -0.172. The van der Waals surface area contributed by atoms with Crippen LogP contribution in [0.5, 0.6) is 0 Å². The smallest absolute Gasteiger partial charge is 0.248 e. The minimum atomic E-state index is -0.235. The Morgan fingerprint density at radius 2 is 1.91 bits per heavy atom. The molecular formula is C17H28N2O4. The molecule has 3 rings (SSSR count). The number of hydrogen-bond acceptors (Lipinski definition) is 4. The Hall–Kier alpha value is -1.14. The number of carbonyl (C=O) groups is 2. The molecule has 3 fully saturated rings. The Morgan fingerprint density at radius 1 is 1.22 bits per heavy atom. The molecule has 6 nitrogen and oxygen atoms in total. The van der Waals surface area contributed by atoms with Gasteiger partial charge in [-0.15, -0.1) is 0 Å². The van der Waals surface area contributed by atoms with Crippen LogP contribution in [0.3, 0.4) is 0 Å². The number of ether oxygens (including phenoxy) is 2. The fraction of sp³-hybridized carbons (Fsp3) is 0.882. The van der Waals surface area contributed by atoms with E-state index in [4.69, 9.17) is 9.47 Å². The Balaban J connectivity index is 1.43. The molecule has 3 heterocycles. The van der Waals surface area contributed by atoms with Crippen molar-refractivity contribution < 1.29 is 19.1 Å². The monoisotopic (exact) mass is 324 g/mol. The van der Waals surface area contributed by atoms with Crippen molar-refractivity contribution in [3.05, 3.63) is 0 Å². The fourth-order valence-electron chi connectivity index (χ4n) is 3.84. The van der Waals surface area contributed by atoms with Crippen molar-refractivity contribution in [2.45, 2.75) is 38.7 Å². The van der Waals surface area contributed by atoms with Gasteiger partial charge < -0.3 is 19.3 Å². The lowest BCUT2D eigenvalue weighted by Gasteiger charge is -2.50. The van der Waals surface area contributed by atoms with Gasteiger partial charge in [-0.2, -0.15) is 0 Å². The average Bonchev–Trinajstić information content (AvgIpc) is 3.14. The van der Waals surface area contributed by atoms with Crippen LogP contribution in [0.25, 0.3) is 0 Å². The van der Waals surface area contributed by atoms with Crippen LogP contribution in [-0.4, -0.2) is 73.2 Å². The van der Waals surface area contributed by atoms with Gasteiger partial charge in [0.15, 0.2) is 0 Å². The highest BCUT2D eigenvalue weighted by atomic mass is 16.5. The van der Waals surface area contributed by atoms with Gasteiger partial charge in [-0.05, 0) is 19.3 Å². The topological polar surface area (TPSA) is 59.1 Å². The maximum atomic E-state index is 12.0. The number of carbonyl (C=O) groups excluding carboxylic acids is 2. The van der Waals surface area contributed by atoms with Crippen molar-refractivity contribution in [3.63, 3.8) is 0 Å². The third kappa shape index (κ3) is 3.38. The second-order valence-corrected chi connectivity index (χ2v) is 7.35. The second-order valence-electron chi connectivity index (χ2n) is 7.35. The quantitative estimate of drug-likeness (QED) is 0.754. The van der Waals surface area contributed by atoms with E-state index in [0.717, 1.165) is 39.0 Å². The van der Waals surface area contributed by atoms with Gasteiger partial charge in [0.25, 0.3) is 0 Å². The summed E-state index contributed by atoms with van der Waals surface area (Å²) in [6.45, 7) is 8.34. The van der Waals surface area contributed by atoms with Crippen molar-refractivity contribution >= 4 is 11.8 Å². The highest BCUT2D eigenvalue weighted by molar-refractivity contribution is 5.79. The van der Waals surface area contributed by atoms with E-state index in [1.165, 1.54) is 0 Å². The van der Waals surface area contributed by atoms with Gasteiger partial charge in [-0.1, -0.05) is 13.8 Å². The Labute approximate surface area is 138 Å². The molecule has 2 amide bonds. The van der Waals surface area contributed by atoms with Crippen LogP contribution >= 0.6 is 0 Å². The van der Waals surface area contributed by atoms with Crippen molar-refractivity contribution in [2.75, 3.05) is 46.0 Å². The zero-order valence-corrected chi connectivity index (χ0v) is 14.3. The van der Waals surface area contributed by atoms with Gasteiger partial charge in [-0.3, -0.25) is 9.59 Å². The molecule has 3 aliphatic heterocycles. The van der Waals surface area contributed by atoms with Gasteiger partial charge in [0, 0.05) is 31.5 Å². The Bertz CT molecular complexity index is 454. The number of nitrogens with zero attached hydrogens (tertiary/aromatic N) is 2. The molecule has 1 atom stereocenters. The largest absolute Gasteiger partial charge is 0.371 e. The Kier molecular flexibility index (Phi) is 4.92. The Morgan fingerprint density at radius 3 is 2.57 bits per heavy atom. The van der Waals surface area contributed by atoms with E-state index in [9.17, 15) is 9.59 Å². The van der Waals surface area contributed by atoms with E-state index in [1.807, 2.05) is 23.6 Å². The number of rotatable bonds is 5. The SMILES string of the molecule is CC(C)C(=O)N1CC2(C1)OCC[C@H]2COCC(=O)N1CCCC1. The van der Waals surface area contributed by atoms with Crippen LogP contribution in [0.15, 0.2) is 0 Å². The molecule has 0 aromatic carbocycles. The minimum absolute atomic E-state index is 0.0292. The number of amides is 2. The van der Waals surface area contributed by atoms with E-state index in [0.29, 0.717) is 19.7 Å². The molecule has 130 valence electrons. The zero-order chi connectivity index (χ0) is 16.4. The van der Waals surface area contributed by atoms with Crippen LogP contribution in [0, 0.1) is 11.8 Å². The summed E-state index contributed by atoms with van der Waals surface area (Å²) in [6.07, 6.45) is 3.15. The fourth-order valence-corrected chi connectivity index (χ4v) is 3.84. The summed E-state index contributed by atoms with van der Waals surface area (Å²) in [5.41, 5.74) is -0.235. The molecular weight excluding hydrogens is 296 g/mol. The van der Waals surface area contributed by atoms with Crippen LogP contribution in [0.1, 0.15) is 33.1 Å². The molecule has 6 heteroatoms. The van der Waals surface area contributed by atoms with Crippen molar-refractivity contribution in [1.29, 1.82) is 0 Å². The van der Waals surface area contributed by atoms with Gasteiger partial charge in [0.1, 0.15) is 12.2 Å². The lowest BCUT2D eigenvalue weighted by atomic mass is 9.80. The average molecular weight is 324 g/mol. The zero-order valence-electron chi connectivity index (χ0n) is 14.3. The molecule has 0 aliphatic carbocycles. The van der Waals surface area contributed by atoms with Crippen LogP contribution in [0.4, 0.5) is 0 Å². The molecule has 0 aromatic rings. The van der Waals surface area contributed by atoms with Gasteiger partial charge >= 0.3 is 0 Å². The summed E-state index contributed by atoms with van der Waals surface area (Å²) in [7, 11) is 0. The summed E-state index contributed by atoms with van der Waals surface area (Å²) in [5, 5.41) is 0. The van der Waals surface area contributed by atoms with E-state index in [1.54, 1.807) is 0 Å². The first-order chi connectivity index (χ1) is 11.0. The predicted octanol–water partition coefficient (Wildman–Crippen LogP) is 0.899. The summed E-state index contributed by atoms with van der Waals surface area (Å²) in [5.74, 6) is 0.599. The van der Waals surface area contributed by atoms with Crippen molar-refractivity contribution in [1.82, 2.24) is 9.80 Å². The molecule has 23 heavy (non-hydrogen) atoms. The molecule has 0 unspecified atom stereocenters. The number of likely N-dealkylation sites (tertiary alicyclic amines) is 2. The second kappa shape index (κ2) is 6.77. The van der Waals surface area contributed by atoms with E-state index in [-0.39, 0.29) is 35.9 Å². The van der Waals surface area contributed by atoms with Crippen LogP contribution in [-0.2, 0) is 19.1 Å². The summed E-state index contributed by atoms with van der Waals surface area (Å²) in [6, 6.07) is 0. The summed E-state index contributed by atoms with van der Waals surface area (Å²) < 4.78 is 11.6.